The second-order valence-electron chi connectivity index (χ2n) is 7.77. The summed E-state index contributed by atoms with van der Waals surface area (Å²) in [5, 5.41) is 13.7. The van der Waals surface area contributed by atoms with Gasteiger partial charge < -0.3 is 14.8 Å². The molecule has 1 saturated heterocycles. The van der Waals surface area contributed by atoms with Crippen molar-refractivity contribution in [3.8, 4) is 6.07 Å². The van der Waals surface area contributed by atoms with E-state index < -0.39 is 43.3 Å². The molecule has 3 aromatic rings. The third kappa shape index (κ3) is 4.65. The zero-order valence-electron chi connectivity index (χ0n) is 16.9. The fourth-order valence-electron chi connectivity index (χ4n) is 3.81. The number of nitriles is 1. The van der Waals surface area contributed by atoms with Crippen LogP contribution in [-0.2, 0) is 11.3 Å². The number of amides is 2. The Labute approximate surface area is 191 Å². The van der Waals surface area contributed by atoms with Crippen molar-refractivity contribution in [2.24, 2.45) is 0 Å². The third-order valence-corrected chi connectivity index (χ3v) is 6.10. The Hall–Kier alpha value is -3.25. The van der Waals surface area contributed by atoms with Crippen molar-refractivity contribution in [3.05, 3.63) is 70.5 Å². The maximum Gasteiger partial charge on any atom is 0.268 e. The summed E-state index contributed by atoms with van der Waals surface area (Å²) in [6.07, 6.45) is 0.967. The maximum atomic E-state index is 13.5. The molecule has 1 aromatic heterocycles. The van der Waals surface area contributed by atoms with Gasteiger partial charge in [0.15, 0.2) is 0 Å². The third-order valence-electron chi connectivity index (χ3n) is 5.41. The van der Waals surface area contributed by atoms with Gasteiger partial charge in [-0.2, -0.15) is 5.26 Å². The summed E-state index contributed by atoms with van der Waals surface area (Å²) in [6, 6.07) is 16.3. The molecule has 6 nitrogen and oxygen atoms in total. The molecule has 0 unspecified atom stereocenters. The normalized spacial score (nSPS) is 17.3. The van der Waals surface area contributed by atoms with Gasteiger partial charge in [-0.25, -0.2) is 8.78 Å². The van der Waals surface area contributed by atoms with Gasteiger partial charge in [0.05, 0.1) is 29.3 Å². The first-order chi connectivity index (χ1) is 15.3. The summed E-state index contributed by atoms with van der Waals surface area (Å²) in [6.45, 7) is -0.738. The Morgan fingerprint density at radius 1 is 1.19 bits per heavy atom. The number of nitrogens with one attached hydrogen (secondary N) is 1. The van der Waals surface area contributed by atoms with E-state index in [1.165, 1.54) is 0 Å². The highest BCUT2D eigenvalue weighted by Gasteiger charge is 2.47. The summed E-state index contributed by atoms with van der Waals surface area (Å²) in [5.74, 6) is -4.31. The predicted octanol–water partition coefficient (Wildman–Crippen LogP) is 3.94. The molecule has 0 bridgehead atoms. The number of carbonyl (C=O) groups is 2. The molecule has 1 fully saturated rings. The zero-order valence-corrected chi connectivity index (χ0v) is 18.5. The van der Waals surface area contributed by atoms with Crippen molar-refractivity contribution in [1.82, 2.24) is 14.8 Å². The largest absolute Gasteiger partial charge is 0.343 e. The van der Waals surface area contributed by atoms with Gasteiger partial charge in [-0.1, -0.05) is 36.4 Å². The molecule has 1 N–H and O–H groups in total. The van der Waals surface area contributed by atoms with E-state index >= 15 is 0 Å². The quantitative estimate of drug-likeness (QED) is 0.576. The minimum Gasteiger partial charge on any atom is -0.343 e. The van der Waals surface area contributed by atoms with Crippen LogP contribution in [0.25, 0.3) is 10.8 Å². The molecule has 0 aliphatic carbocycles. The molecular weight excluding hydrogens is 482 g/mol. The highest BCUT2D eigenvalue weighted by Crippen LogP contribution is 2.31. The molecule has 32 heavy (non-hydrogen) atoms. The highest BCUT2D eigenvalue weighted by molar-refractivity contribution is 9.10. The van der Waals surface area contributed by atoms with Crippen LogP contribution >= 0.6 is 15.9 Å². The topological polar surface area (TPSA) is 78.1 Å². The molecule has 0 radical (unpaired) electrons. The highest BCUT2D eigenvalue weighted by atomic mass is 79.9. The molecule has 1 atom stereocenters. The minimum absolute atomic E-state index is 0.328. The summed E-state index contributed by atoms with van der Waals surface area (Å²) in [4.78, 5) is 25.6. The van der Waals surface area contributed by atoms with Gasteiger partial charge in [0.2, 0.25) is 5.91 Å². The number of likely N-dealkylation sites (tertiary alicyclic amines) is 1. The van der Waals surface area contributed by atoms with Crippen LogP contribution in [0.5, 0.6) is 0 Å². The zero-order chi connectivity index (χ0) is 22.9. The first-order valence-electron chi connectivity index (χ1n) is 9.94. The van der Waals surface area contributed by atoms with Crippen LogP contribution in [0.2, 0.25) is 0 Å². The number of rotatable bonds is 5. The van der Waals surface area contributed by atoms with Crippen molar-refractivity contribution in [1.29, 1.82) is 5.26 Å². The smallest absolute Gasteiger partial charge is 0.268 e. The molecule has 0 saturated carbocycles. The molecule has 164 valence electrons. The molecule has 1 aliphatic rings. The lowest BCUT2D eigenvalue weighted by molar-refractivity contribution is -0.131. The molecule has 2 amide bonds. The van der Waals surface area contributed by atoms with Crippen LogP contribution in [0.15, 0.2) is 59.3 Å². The molecule has 2 aromatic carbocycles. The van der Waals surface area contributed by atoms with Crippen molar-refractivity contribution in [2.45, 2.75) is 24.9 Å². The Balaban J connectivity index is 1.40. The molecular formula is C23H19BrF2N4O2. The second-order valence-corrected chi connectivity index (χ2v) is 8.58. The van der Waals surface area contributed by atoms with E-state index in [4.69, 9.17) is 5.26 Å². The lowest BCUT2D eigenvalue weighted by Gasteiger charge is -2.19. The van der Waals surface area contributed by atoms with Gasteiger partial charge in [0.1, 0.15) is 6.04 Å². The maximum absolute atomic E-state index is 13.5. The fourth-order valence-corrected chi connectivity index (χ4v) is 4.29. The summed E-state index contributed by atoms with van der Waals surface area (Å²) in [5.41, 5.74) is 1.38. The SMILES string of the molecule is N#C[C@@H]1CC(F)(F)CN1C(=O)CNC(=O)c1cc(Br)n(Cc2ccc3ccccc3c2)c1. The van der Waals surface area contributed by atoms with Crippen LogP contribution in [0.4, 0.5) is 8.78 Å². The van der Waals surface area contributed by atoms with E-state index in [0.29, 0.717) is 16.7 Å². The average Bonchev–Trinajstić information content (AvgIpc) is 3.30. The number of hydrogen-bond acceptors (Lipinski definition) is 3. The van der Waals surface area contributed by atoms with E-state index in [9.17, 15) is 18.4 Å². The Kier molecular flexibility index (Phi) is 5.98. The van der Waals surface area contributed by atoms with Crippen LogP contribution in [0.1, 0.15) is 22.3 Å². The first kappa shape index (κ1) is 22.0. The van der Waals surface area contributed by atoms with Crippen molar-refractivity contribution in [2.75, 3.05) is 13.1 Å². The van der Waals surface area contributed by atoms with Crippen LogP contribution in [0.3, 0.4) is 0 Å². The Bertz CT molecular complexity index is 1230. The monoisotopic (exact) mass is 500 g/mol. The van der Waals surface area contributed by atoms with E-state index in [1.807, 2.05) is 41.0 Å². The second kappa shape index (κ2) is 8.71. The van der Waals surface area contributed by atoms with Gasteiger partial charge >= 0.3 is 0 Å². The summed E-state index contributed by atoms with van der Waals surface area (Å²) < 4.78 is 29.6. The van der Waals surface area contributed by atoms with Crippen LogP contribution in [0, 0.1) is 11.3 Å². The Morgan fingerprint density at radius 2 is 1.94 bits per heavy atom. The van der Waals surface area contributed by atoms with Gasteiger partial charge in [0, 0.05) is 19.2 Å². The number of halogens is 3. The number of aromatic nitrogens is 1. The number of hydrogen-bond donors (Lipinski definition) is 1. The average molecular weight is 501 g/mol. The summed E-state index contributed by atoms with van der Waals surface area (Å²) >= 11 is 3.44. The van der Waals surface area contributed by atoms with E-state index in [2.05, 4.69) is 27.3 Å². The molecule has 2 heterocycles. The lowest BCUT2D eigenvalue weighted by atomic mass is 10.1. The Morgan fingerprint density at radius 3 is 2.69 bits per heavy atom. The van der Waals surface area contributed by atoms with Gasteiger partial charge in [0.25, 0.3) is 11.8 Å². The van der Waals surface area contributed by atoms with E-state index in [-0.39, 0.29) is 0 Å². The van der Waals surface area contributed by atoms with Gasteiger partial charge in [-0.15, -0.1) is 0 Å². The molecule has 0 spiro atoms. The number of carbonyl (C=O) groups excluding carboxylic acids is 2. The van der Waals surface area contributed by atoms with Crippen molar-refractivity contribution >= 4 is 38.5 Å². The number of fused-ring (bicyclic) bond motifs is 1. The molecule has 9 heteroatoms. The van der Waals surface area contributed by atoms with E-state index in [0.717, 1.165) is 21.2 Å². The van der Waals surface area contributed by atoms with Crippen molar-refractivity contribution in [3.63, 3.8) is 0 Å². The predicted molar refractivity (Wildman–Crippen MR) is 118 cm³/mol. The van der Waals surface area contributed by atoms with Crippen LogP contribution < -0.4 is 5.32 Å². The summed E-state index contributed by atoms with van der Waals surface area (Å²) in [7, 11) is 0. The van der Waals surface area contributed by atoms with Gasteiger partial charge in [-0.05, 0) is 44.4 Å². The van der Waals surface area contributed by atoms with Crippen molar-refractivity contribution < 1.29 is 18.4 Å². The number of benzene rings is 2. The first-order valence-corrected chi connectivity index (χ1v) is 10.7. The lowest BCUT2D eigenvalue weighted by Crippen LogP contribution is -2.42. The fraction of sp³-hybridized carbons (Fsp3) is 0.261. The number of nitrogens with zero attached hydrogens (tertiary/aromatic N) is 3. The van der Waals surface area contributed by atoms with Crippen LogP contribution in [-0.4, -0.2) is 46.3 Å². The number of alkyl halides is 2. The molecule has 1 aliphatic heterocycles. The van der Waals surface area contributed by atoms with E-state index in [1.54, 1.807) is 18.3 Å². The standard InChI is InChI=1S/C23H19BrF2N4O2/c24-20-8-18(13-29(20)12-15-5-6-16-3-1-2-4-17(16)7-15)22(32)28-11-21(31)30-14-23(25,26)9-19(30)10-27/h1-8,13,19H,9,11-12,14H2,(H,28,32)/t19-/m0/s1. The molecule has 4 rings (SSSR count). The minimum atomic E-state index is -3.09. The van der Waals surface area contributed by atoms with Gasteiger partial charge in [-0.3, -0.25) is 9.59 Å².